The lowest BCUT2D eigenvalue weighted by Gasteiger charge is -2.18. The van der Waals surface area contributed by atoms with Gasteiger partial charge in [-0.1, -0.05) is 57.2 Å². The van der Waals surface area contributed by atoms with Gasteiger partial charge in [0, 0.05) is 33.6 Å². The fourth-order valence-corrected chi connectivity index (χ4v) is 3.90. The van der Waals surface area contributed by atoms with E-state index in [1.807, 2.05) is 18.3 Å². The van der Waals surface area contributed by atoms with E-state index in [-0.39, 0.29) is 5.41 Å². The Labute approximate surface area is 176 Å². The molecule has 3 heterocycles. The Morgan fingerprint density at radius 1 is 0.867 bits per heavy atom. The van der Waals surface area contributed by atoms with Crippen LogP contribution in [0.2, 0.25) is 0 Å². The molecule has 0 spiro atoms. The van der Waals surface area contributed by atoms with Crippen LogP contribution in [-0.2, 0) is 11.8 Å². The summed E-state index contributed by atoms with van der Waals surface area (Å²) in [6.07, 6.45) is 4.52. The zero-order valence-electron chi connectivity index (χ0n) is 17.5. The van der Waals surface area contributed by atoms with Gasteiger partial charge >= 0.3 is 0 Å². The summed E-state index contributed by atoms with van der Waals surface area (Å²) >= 11 is 0. The molecule has 0 aliphatic rings. The van der Waals surface area contributed by atoms with Crippen molar-refractivity contribution in [2.24, 2.45) is 0 Å². The average Bonchev–Trinajstić information content (AvgIpc) is 3.22. The molecule has 0 radical (unpaired) electrons. The maximum absolute atomic E-state index is 5.81. The summed E-state index contributed by atoms with van der Waals surface area (Å²) in [7, 11) is 0. The monoisotopic (exact) mass is 392 g/mol. The van der Waals surface area contributed by atoms with Gasteiger partial charge in [-0.2, -0.15) is 0 Å². The number of fused-ring (bicyclic) bond motifs is 3. The first-order valence-corrected chi connectivity index (χ1v) is 10.3. The molecule has 30 heavy (non-hydrogen) atoms. The van der Waals surface area contributed by atoms with Crippen LogP contribution in [0.5, 0.6) is 0 Å². The maximum atomic E-state index is 5.81. The molecule has 3 aromatic heterocycles. The highest BCUT2D eigenvalue weighted by atomic mass is 16.3. The summed E-state index contributed by atoms with van der Waals surface area (Å²) in [6, 6.07) is 23.2. The lowest BCUT2D eigenvalue weighted by atomic mass is 9.90. The van der Waals surface area contributed by atoms with Gasteiger partial charge in [0.1, 0.15) is 5.52 Å². The molecule has 5 rings (SSSR count). The van der Waals surface area contributed by atoms with Crippen LogP contribution in [0.15, 0.2) is 83.6 Å². The number of aromatic nitrogens is 2. The van der Waals surface area contributed by atoms with Crippen molar-refractivity contribution in [3.63, 3.8) is 0 Å². The third kappa shape index (κ3) is 3.37. The van der Waals surface area contributed by atoms with Crippen LogP contribution in [0.1, 0.15) is 37.6 Å². The van der Waals surface area contributed by atoms with Gasteiger partial charge in [-0.15, -0.1) is 0 Å². The van der Waals surface area contributed by atoms with Gasteiger partial charge in [0.2, 0.25) is 0 Å². The molecule has 0 aliphatic heterocycles. The smallest absolute Gasteiger partial charge is 0.160 e. The van der Waals surface area contributed by atoms with Crippen molar-refractivity contribution in [2.45, 2.75) is 32.6 Å². The Hall–Kier alpha value is -3.46. The van der Waals surface area contributed by atoms with Crippen molar-refractivity contribution in [1.29, 1.82) is 0 Å². The van der Waals surface area contributed by atoms with Crippen molar-refractivity contribution in [2.75, 3.05) is 0 Å². The van der Waals surface area contributed by atoms with Gasteiger partial charge in [0.25, 0.3) is 0 Å². The second kappa shape index (κ2) is 7.10. The summed E-state index contributed by atoms with van der Waals surface area (Å²) in [5.41, 5.74) is 7.33. The molecule has 0 unspecified atom stereocenters. The van der Waals surface area contributed by atoms with Crippen LogP contribution >= 0.6 is 0 Å². The van der Waals surface area contributed by atoms with Crippen LogP contribution in [0.3, 0.4) is 0 Å². The standard InChI is InChI=1S/C27H24N2O/c1-27(2,3)24-10-9-21-22(17-20-12-14-30-26(20)25(21)29-24)23-16-19(11-13-28-23)15-18-7-5-4-6-8-18/h4-14,16-17H,15H2,1-3H3. The summed E-state index contributed by atoms with van der Waals surface area (Å²) in [6.45, 7) is 6.54. The predicted molar refractivity (Wildman–Crippen MR) is 123 cm³/mol. The van der Waals surface area contributed by atoms with Crippen LogP contribution in [0.25, 0.3) is 33.1 Å². The van der Waals surface area contributed by atoms with E-state index in [1.165, 1.54) is 11.1 Å². The molecule has 2 aromatic carbocycles. The zero-order valence-corrected chi connectivity index (χ0v) is 17.5. The normalized spacial score (nSPS) is 12.0. The van der Waals surface area contributed by atoms with Crippen molar-refractivity contribution < 1.29 is 4.42 Å². The largest absolute Gasteiger partial charge is 0.462 e. The minimum atomic E-state index is -0.0308. The van der Waals surface area contributed by atoms with Crippen molar-refractivity contribution in [1.82, 2.24) is 9.97 Å². The molecule has 0 amide bonds. The fourth-order valence-electron chi connectivity index (χ4n) is 3.90. The van der Waals surface area contributed by atoms with Crippen LogP contribution in [0.4, 0.5) is 0 Å². The highest BCUT2D eigenvalue weighted by Crippen LogP contribution is 2.35. The van der Waals surface area contributed by atoms with E-state index in [2.05, 4.69) is 75.4 Å². The average molecular weight is 393 g/mol. The number of benzene rings is 2. The van der Waals surface area contributed by atoms with E-state index in [0.717, 1.165) is 45.2 Å². The number of furan rings is 1. The molecule has 148 valence electrons. The first-order chi connectivity index (χ1) is 14.5. The summed E-state index contributed by atoms with van der Waals surface area (Å²) in [4.78, 5) is 9.71. The Bertz CT molecular complexity index is 1340. The molecule has 3 nitrogen and oxygen atoms in total. The Balaban J connectivity index is 1.68. The lowest BCUT2D eigenvalue weighted by molar-refractivity contribution is 0.570. The third-order valence-corrected chi connectivity index (χ3v) is 5.52. The lowest BCUT2D eigenvalue weighted by Crippen LogP contribution is -2.13. The van der Waals surface area contributed by atoms with Gasteiger partial charge in [-0.05, 0) is 47.9 Å². The number of nitrogens with zero attached hydrogens (tertiary/aromatic N) is 2. The number of hydrogen-bond donors (Lipinski definition) is 0. The van der Waals surface area contributed by atoms with E-state index in [9.17, 15) is 0 Å². The quantitative estimate of drug-likeness (QED) is 0.334. The topological polar surface area (TPSA) is 38.9 Å². The maximum Gasteiger partial charge on any atom is 0.160 e. The van der Waals surface area contributed by atoms with Crippen molar-refractivity contribution >= 4 is 21.9 Å². The van der Waals surface area contributed by atoms with Crippen molar-refractivity contribution in [3.8, 4) is 11.3 Å². The van der Waals surface area contributed by atoms with Gasteiger partial charge < -0.3 is 4.42 Å². The number of hydrogen-bond acceptors (Lipinski definition) is 3. The summed E-state index contributed by atoms with van der Waals surface area (Å²) in [5, 5.41) is 2.11. The number of pyridine rings is 2. The molecule has 0 saturated heterocycles. The highest BCUT2D eigenvalue weighted by molar-refractivity contribution is 6.09. The van der Waals surface area contributed by atoms with Gasteiger partial charge in [-0.3, -0.25) is 4.98 Å². The molecular formula is C27H24N2O. The SMILES string of the molecule is CC(C)(C)c1ccc2c(-c3cc(Cc4ccccc4)ccn3)cc3ccoc3c2n1. The molecule has 0 N–H and O–H groups in total. The van der Waals surface area contributed by atoms with E-state index in [4.69, 9.17) is 14.4 Å². The van der Waals surface area contributed by atoms with Crippen LogP contribution < -0.4 is 0 Å². The summed E-state index contributed by atoms with van der Waals surface area (Å²) in [5.74, 6) is 0. The predicted octanol–water partition coefficient (Wildman–Crippen LogP) is 6.93. The molecule has 5 aromatic rings. The Kier molecular flexibility index (Phi) is 4.39. The fraction of sp³-hybridized carbons (Fsp3) is 0.185. The highest BCUT2D eigenvalue weighted by Gasteiger charge is 2.19. The van der Waals surface area contributed by atoms with Gasteiger partial charge in [-0.25, -0.2) is 4.98 Å². The molecular weight excluding hydrogens is 368 g/mol. The van der Waals surface area contributed by atoms with Gasteiger partial charge in [0.05, 0.1) is 12.0 Å². The van der Waals surface area contributed by atoms with Crippen LogP contribution in [-0.4, -0.2) is 9.97 Å². The zero-order chi connectivity index (χ0) is 20.7. The molecule has 0 saturated carbocycles. The molecule has 3 heteroatoms. The minimum absolute atomic E-state index is 0.0308. The molecule has 0 fully saturated rings. The first-order valence-electron chi connectivity index (χ1n) is 10.3. The third-order valence-electron chi connectivity index (χ3n) is 5.52. The van der Waals surface area contributed by atoms with E-state index in [0.29, 0.717) is 0 Å². The van der Waals surface area contributed by atoms with E-state index < -0.39 is 0 Å². The minimum Gasteiger partial charge on any atom is -0.462 e. The van der Waals surface area contributed by atoms with Crippen LogP contribution in [0, 0.1) is 0 Å². The molecule has 0 bridgehead atoms. The summed E-state index contributed by atoms with van der Waals surface area (Å²) < 4.78 is 5.81. The first kappa shape index (κ1) is 18.6. The molecule has 0 atom stereocenters. The van der Waals surface area contributed by atoms with Crippen molar-refractivity contribution in [3.05, 3.63) is 96.0 Å². The molecule has 0 aliphatic carbocycles. The van der Waals surface area contributed by atoms with Gasteiger partial charge in [0.15, 0.2) is 5.58 Å². The van der Waals surface area contributed by atoms with E-state index >= 15 is 0 Å². The number of rotatable bonds is 3. The Morgan fingerprint density at radius 2 is 1.70 bits per heavy atom. The van der Waals surface area contributed by atoms with E-state index in [1.54, 1.807) is 6.26 Å². The second-order valence-electron chi connectivity index (χ2n) is 8.82. The Morgan fingerprint density at radius 3 is 2.50 bits per heavy atom. The second-order valence-corrected chi connectivity index (χ2v) is 8.82.